The van der Waals surface area contributed by atoms with Crippen LogP contribution in [-0.2, 0) is 22.5 Å². The number of hydrogen-bond acceptors (Lipinski definition) is 3. The third-order valence-electron chi connectivity index (χ3n) is 4.15. The molecule has 0 aromatic heterocycles. The van der Waals surface area contributed by atoms with E-state index in [1.165, 1.54) is 0 Å². The number of benzene rings is 2. The van der Waals surface area contributed by atoms with E-state index in [1.54, 1.807) is 25.7 Å². The molecule has 2 aromatic rings. The Labute approximate surface area is 154 Å². The summed E-state index contributed by atoms with van der Waals surface area (Å²) in [4.78, 5) is 26.9. The summed E-state index contributed by atoms with van der Waals surface area (Å²) >= 11 is 0. The summed E-state index contributed by atoms with van der Waals surface area (Å²) in [6, 6.07) is 17.0. The van der Waals surface area contributed by atoms with E-state index in [4.69, 9.17) is 4.74 Å². The quantitative estimate of drug-likeness (QED) is 0.917. The second-order valence-electron chi connectivity index (χ2n) is 7.44. The molecule has 26 heavy (non-hydrogen) atoms. The maximum atomic E-state index is 13.0. The summed E-state index contributed by atoms with van der Waals surface area (Å²) in [5.41, 5.74) is 2.35. The van der Waals surface area contributed by atoms with Crippen LogP contribution < -0.4 is 10.2 Å². The van der Waals surface area contributed by atoms with Crippen LogP contribution in [0.4, 0.5) is 10.5 Å². The largest absolute Gasteiger partial charge is 0.444 e. The molecule has 0 spiro atoms. The van der Waals surface area contributed by atoms with Gasteiger partial charge < -0.3 is 15.0 Å². The highest BCUT2D eigenvalue weighted by Crippen LogP contribution is 2.29. The highest BCUT2D eigenvalue weighted by molar-refractivity contribution is 6.01. The molecule has 1 unspecified atom stereocenters. The van der Waals surface area contributed by atoms with Crippen molar-refractivity contribution in [1.29, 1.82) is 0 Å². The molecule has 1 heterocycles. The Hall–Kier alpha value is -2.82. The molecule has 0 radical (unpaired) electrons. The molecule has 0 saturated carbocycles. The minimum absolute atomic E-state index is 0.126. The topological polar surface area (TPSA) is 58.6 Å². The maximum Gasteiger partial charge on any atom is 0.408 e. The van der Waals surface area contributed by atoms with E-state index >= 15 is 0 Å². The average molecular weight is 352 g/mol. The minimum Gasteiger partial charge on any atom is -0.444 e. The molecule has 0 bridgehead atoms. The lowest BCUT2D eigenvalue weighted by molar-refractivity contribution is -0.121. The van der Waals surface area contributed by atoms with Gasteiger partial charge in [-0.05, 0) is 38.0 Å². The minimum atomic E-state index is -0.636. The first kappa shape index (κ1) is 18.0. The Bertz CT molecular complexity index is 796. The van der Waals surface area contributed by atoms with Crippen LogP contribution in [0.25, 0.3) is 0 Å². The SMILES string of the molecule is CC(C)(C)OC(=O)NC1Cc2ccccc2N(Cc2ccccc2)C1=O. The Kier molecular flexibility index (Phi) is 4.98. The molecule has 1 N–H and O–H groups in total. The highest BCUT2D eigenvalue weighted by atomic mass is 16.6. The number of anilines is 1. The molecule has 0 fully saturated rings. The fraction of sp³-hybridized carbons (Fsp3) is 0.333. The van der Waals surface area contributed by atoms with Gasteiger partial charge in [0.1, 0.15) is 11.6 Å². The van der Waals surface area contributed by atoms with Crippen molar-refractivity contribution in [3.63, 3.8) is 0 Å². The van der Waals surface area contributed by atoms with Gasteiger partial charge in [0.2, 0.25) is 5.91 Å². The normalized spacial score (nSPS) is 16.8. The molecule has 136 valence electrons. The molecule has 2 aromatic carbocycles. The van der Waals surface area contributed by atoms with Crippen LogP contribution in [-0.4, -0.2) is 23.6 Å². The maximum absolute atomic E-state index is 13.0. The number of amides is 2. The zero-order chi connectivity index (χ0) is 18.7. The van der Waals surface area contributed by atoms with Gasteiger partial charge in [-0.2, -0.15) is 0 Å². The van der Waals surface area contributed by atoms with Crippen LogP contribution in [0, 0.1) is 0 Å². The van der Waals surface area contributed by atoms with Crippen molar-refractivity contribution >= 4 is 17.7 Å². The van der Waals surface area contributed by atoms with Crippen LogP contribution in [0.15, 0.2) is 54.6 Å². The van der Waals surface area contributed by atoms with E-state index in [9.17, 15) is 9.59 Å². The molecule has 1 aliphatic heterocycles. The highest BCUT2D eigenvalue weighted by Gasteiger charge is 2.34. The van der Waals surface area contributed by atoms with Crippen LogP contribution in [0.5, 0.6) is 0 Å². The van der Waals surface area contributed by atoms with Crippen LogP contribution >= 0.6 is 0 Å². The van der Waals surface area contributed by atoms with Gasteiger partial charge in [-0.3, -0.25) is 4.79 Å². The lowest BCUT2D eigenvalue weighted by atomic mass is 9.96. The Morgan fingerprint density at radius 3 is 2.46 bits per heavy atom. The molecule has 1 atom stereocenters. The summed E-state index contributed by atoms with van der Waals surface area (Å²) in [7, 11) is 0. The van der Waals surface area contributed by atoms with Gasteiger partial charge in [-0.15, -0.1) is 0 Å². The monoisotopic (exact) mass is 352 g/mol. The van der Waals surface area contributed by atoms with Crippen molar-refractivity contribution in [2.75, 3.05) is 4.90 Å². The van der Waals surface area contributed by atoms with E-state index in [1.807, 2.05) is 54.6 Å². The molecule has 3 rings (SSSR count). The van der Waals surface area contributed by atoms with E-state index in [0.29, 0.717) is 13.0 Å². The number of carbonyl (C=O) groups is 2. The number of nitrogens with zero attached hydrogens (tertiary/aromatic N) is 1. The second kappa shape index (κ2) is 7.20. The Morgan fingerprint density at radius 1 is 1.12 bits per heavy atom. The molecule has 2 amide bonds. The summed E-state index contributed by atoms with van der Waals surface area (Å²) in [5.74, 6) is -0.126. The lowest BCUT2D eigenvalue weighted by Gasteiger charge is -2.35. The average Bonchev–Trinajstić information content (AvgIpc) is 2.58. The predicted molar refractivity (Wildman–Crippen MR) is 101 cm³/mol. The zero-order valence-electron chi connectivity index (χ0n) is 15.4. The van der Waals surface area contributed by atoms with Crippen molar-refractivity contribution in [2.24, 2.45) is 0 Å². The van der Waals surface area contributed by atoms with Crippen LogP contribution in [0.1, 0.15) is 31.9 Å². The molecule has 5 nitrogen and oxygen atoms in total. The van der Waals surface area contributed by atoms with Crippen molar-refractivity contribution in [3.05, 3.63) is 65.7 Å². The molecule has 0 saturated heterocycles. The summed E-state index contributed by atoms with van der Waals surface area (Å²) in [5, 5.41) is 2.73. The zero-order valence-corrected chi connectivity index (χ0v) is 15.4. The van der Waals surface area contributed by atoms with Crippen LogP contribution in [0.2, 0.25) is 0 Å². The Morgan fingerprint density at radius 2 is 1.77 bits per heavy atom. The standard InChI is InChI=1S/C21H24N2O3/c1-21(2,3)26-20(25)22-17-13-16-11-7-8-12-18(16)23(19(17)24)14-15-9-5-4-6-10-15/h4-12,17H,13-14H2,1-3H3,(H,22,25). The first-order valence-electron chi connectivity index (χ1n) is 8.76. The smallest absolute Gasteiger partial charge is 0.408 e. The molecular weight excluding hydrogens is 328 g/mol. The Balaban J connectivity index is 1.84. The van der Waals surface area contributed by atoms with Crippen molar-refractivity contribution in [1.82, 2.24) is 5.32 Å². The summed E-state index contributed by atoms with van der Waals surface area (Å²) in [6.07, 6.45) is -0.116. The van der Waals surface area contributed by atoms with Crippen LogP contribution in [0.3, 0.4) is 0 Å². The third kappa shape index (κ3) is 4.23. The van der Waals surface area contributed by atoms with Gasteiger partial charge in [-0.1, -0.05) is 48.5 Å². The number of nitrogens with one attached hydrogen (secondary N) is 1. The predicted octanol–water partition coefficient (Wildman–Crippen LogP) is 3.67. The lowest BCUT2D eigenvalue weighted by Crippen LogP contribution is -2.53. The van der Waals surface area contributed by atoms with E-state index in [-0.39, 0.29) is 5.91 Å². The van der Waals surface area contributed by atoms with Crippen molar-refractivity contribution < 1.29 is 14.3 Å². The fourth-order valence-electron chi connectivity index (χ4n) is 3.05. The third-order valence-corrected chi connectivity index (χ3v) is 4.15. The summed E-state index contributed by atoms with van der Waals surface area (Å²) < 4.78 is 5.31. The van der Waals surface area contributed by atoms with Gasteiger partial charge in [0, 0.05) is 12.1 Å². The van der Waals surface area contributed by atoms with Gasteiger partial charge >= 0.3 is 6.09 Å². The number of para-hydroxylation sites is 1. The van der Waals surface area contributed by atoms with Crippen molar-refractivity contribution in [2.45, 2.75) is 45.4 Å². The van der Waals surface area contributed by atoms with Gasteiger partial charge in [0.15, 0.2) is 0 Å². The number of carbonyl (C=O) groups excluding carboxylic acids is 2. The van der Waals surface area contributed by atoms with E-state index in [2.05, 4.69) is 5.32 Å². The van der Waals surface area contributed by atoms with Gasteiger partial charge in [0.05, 0.1) is 6.54 Å². The first-order valence-corrected chi connectivity index (χ1v) is 8.76. The number of rotatable bonds is 3. The van der Waals surface area contributed by atoms with Gasteiger partial charge in [-0.25, -0.2) is 4.79 Å². The van der Waals surface area contributed by atoms with E-state index in [0.717, 1.165) is 16.8 Å². The van der Waals surface area contributed by atoms with Gasteiger partial charge in [0.25, 0.3) is 0 Å². The number of hydrogen-bond donors (Lipinski definition) is 1. The van der Waals surface area contributed by atoms with E-state index < -0.39 is 17.7 Å². The first-order chi connectivity index (χ1) is 12.3. The summed E-state index contributed by atoms with van der Waals surface area (Å²) in [6.45, 7) is 5.86. The number of fused-ring (bicyclic) bond motifs is 1. The number of ether oxygens (including phenoxy) is 1. The number of alkyl carbamates (subject to hydrolysis) is 1. The van der Waals surface area contributed by atoms with Crippen molar-refractivity contribution in [3.8, 4) is 0 Å². The molecule has 5 heteroatoms. The molecular formula is C21H24N2O3. The molecule has 1 aliphatic rings. The second-order valence-corrected chi connectivity index (χ2v) is 7.44. The fourth-order valence-corrected chi connectivity index (χ4v) is 3.05. The molecule has 0 aliphatic carbocycles.